The molecule has 0 heterocycles. The minimum absolute atomic E-state index is 0.0707. The first-order valence-electron chi connectivity index (χ1n) is 36.6. The molecule has 480 valence electrons. The molecule has 0 aromatic heterocycles. The van der Waals surface area contributed by atoms with Crippen molar-refractivity contribution >= 4 is 17.9 Å². The molecule has 0 fully saturated rings. The summed E-state index contributed by atoms with van der Waals surface area (Å²) in [5.74, 6) is -0.849. The van der Waals surface area contributed by atoms with Crippen molar-refractivity contribution in [1.82, 2.24) is 0 Å². The summed E-state index contributed by atoms with van der Waals surface area (Å²) in [7, 11) is 0. The van der Waals surface area contributed by atoms with Crippen molar-refractivity contribution in [3.63, 3.8) is 0 Å². The van der Waals surface area contributed by atoms with E-state index >= 15 is 0 Å². The second kappa shape index (κ2) is 70.9. The van der Waals surface area contributed by atoms with Crippen LogP contribution in [0.4, 0.5) is 0 Å². The third-order valence-corrected chi connectivity index (χ3v) is 16.6. The van der Waals surface area contributed by atoms with Crippen LogP contribution in [0.25, 0.3) is 0 Å². The number of esters is 3. The van der Waals surface area contributed by atoms with E-state index in [1.807, 2.05) is 0 Å². The Morgan fingerprint density at radius 3 is 0.683 bits per heavy atom. The van der Waals surface area contributed by atoms with Crippen LogP contribution in [0.15, 0.2) is 48.6 Å². The minimum atomic E-state index is -0.776. The average Bonchev–Trinajstić information content (AvgIpc) is 3.47. The van der Waals surface area contributed by atoms with Crippen molar-refractivity contribution in [2.24, 2.45) is 0 Å². The Hall–Kier alpha value is -2.63. The lowest BCUT2D eigenvalue weighted by molar-refractivity contribution is -0.167. The molecule has 0 aromatic rings. The highest BCUT2D eigenvalue weighted by Crippen LogP contribution is 2.18. The minimum Gasteiger partial charge on any atom is -0.462 e. The van der Waals surface area contributed by atoms with Gasteiger partial charge in [0.2, 0.25) is 0 Å². The molecule has 1 atom stereocenters. The monoisotopic (exact) mass is 1150 g/mol. The summed E-state index contributed by atoms with van der Waals surface area (Å²) in [6.07, 6.45) is 90.0. The van der Waals surface area contributed by atoms with E-state index < -0.39 is 6.10 Å². The maximum atomic E-state index is 13.0. The fraction of sp³-hybridized carbons (Fsp3) is 0.855. The molecule has 1 unspecified atom stereocenters. The average molecular weight is 1150 g/mol. The Morgan fingerprint density at radius 1 is 0.244 bits per heavy atom. The number of allylic oxidation sites excluding steroid dienone is 8. The van der Waals surface area contributed by atoms with Crippen LogP contribution in [0.5, 0.6) is 0 Å². The third kappa shape index (κ3) is 68.2. The van der Waals surface area contributed by atoms with Gasteiger partial charge in [-0.15, -0.1) is 0 Å². The van der Waals surface area contributed by atoms with E-state index in [1.165, 1.54) is 283 Å². The summed E-state index contributed by atoms with van der Waals surface area (Å²) in [4.78, 5) is 38.5. The molecule has 0 N–H and O–H groups in total. The highest BCUT2D eigenvalue weighted by atomic mass is 16.6. The van der Waals surface area contributed by atoms with Crippen molar-refractivity contribution in [3.05, 3.63) is 48.6 Å². The molecule has 0 saturated heterocycles. The van der Waals surface area contributed by atoms with Crippen LogP contribution in [-0.4, -0.2) is 37.2 Å². The van der Waals surface area contributed by atoms with E-state index in [2.05, 4.69) is 69.4 Å². The second-order valence-corrected chi connectivity index (χ2v) is 24.9. The molecule has 82 heavy (non-hydrogen) atoms. The maximum absolute atomic E-state index is 13.0. The molecule has 6 heteroatoms. The van der Waals surface area contributed by atoms with Gasteiger partial charge < -0.3 is 14.2 Å². The highest BCUT2D eigenvalue weighted by Gasteiger charge is 2.19. The Kier molecular flexibility index (Phi) is 68.6. The molecule has 0 bridgehead atoms. The quantitative estimate of drug-likeness (QED) is 0.0261. The predicted octanol–water partition coefficient (Wildman–Crippen LogP) is 25.3. The zero-order valence-electron chi connectivity index (χ0n) is 55.3. The fourth-order valence-corrected chi connectivity index (χ4v) is 11.0. The molecule has 6 nitrogen and oxygen atoms in total. The topological polar surface area (TPSA) is 78.9 Å². The van der Waals surface area contributed by atoms with Crippen LogP contribution < -0.4 is 0 Å². The summed E-state index contributed by atoms with van der Waals surface area (Å²) in [5, 5.41) is 0. The first-order valence-corrected chi connectivity index (χ1v) is 36.6. The lowest BCUT2D eigenvalue weighted by Crippen LogP contribution is -2.30. The number of carbonyl (C=O) groups excluding carboxylic acids is 3. The maximum Gasteiger partial charge on any atom is 0.306 e. The second-order valence-electron chi connectivity index (χ2n) is 24.9. The molecule has 0 aliphatic rings. The molecule has 0 amide bonds. The van der Waals surface area contributed by atoms with Gasteiger partial charge >= 0.3 is 17.9 Å². The van der Waals surface area contributed by atoms with Gasteiger partial charge in [-0.3, -0.25) is 14.4 Å². The lowest BCUT2D eigenvalue weighted by atomic mass is 10.0. The number of hydrogen-bond acceptors (Lipinski definition) is 6. The van der Waals surface area contributed by atoms with Crippen molar-refractivity contribution < 1.29 is 28.6 Å². The Morgan fingerprint density at radius 2 is 0.439 bits per heavy atom. The van der Waals surface area contributed by atoms with Crippen LogP contribution in [-0.2, 0) is 28.6 Å². The zero-order chi connectivity index (χ0) is 59.2. The molecular weight excluding hydrogens is 1010 g/mol. The van der Waals surface area contributed by atoms with Gasteiger partial charge in [-0.2, -0.15) is 0 Å². The van der Waals surface area contributed by atoms with Gasteiger partial charge in [-0.1, -0.05) is 345 Å². The zero-order valence-corrected chi connectivity index (χ0v) is 55.3. The normalized spacial score (nSPS) is 12.3. The SMILES string of the molecule is CCCCCC/C=C\C/C=C\CCCCCCCCCC(=O)OCC(COC(=O)CCCCCCCCCCCCCCCCC/C=C\C/C=C\CCCCCCC)OC(=O)CCCCCCCCCCCCCCCCCCCCC. The summed E-state index contributed by atoms with van der Waals surface area (Å²) < 4.78 is 17.0. The number of rotatable bonds is 68. The molecular formula is C76H140O6. The standard InChI is InChI=1S/C76H140O6/c1-4-7-10-13-16-19-22-25-28-31-34-35-36-37-38-39-40-41-43-45-48-51-54-57-60-63-66-69-75(78)81-72-73(71-80-74(77)68-65-62-59-56-53-50-47-44-33-30-27-24-21-18-15-12-9-6-3)82-76(79)70-67-64-61-58-55-52-49-46-42-32-29-26-23-20-17-14-11-8-5-2/h21-22,24-25,30-31,33-34,73H,4-20,23,26-29,32,35-72H2,1-3H3/b24-21-,25-22-,33-30-,34-31-. The van der Waals surface area contributed by atoms with Gasteiger partial charge in [0.05, 0.1) is 0 Å². The number of hydrogen-bond donors (Lipinski definition) is 0. The first kappa shape index (κ1) is 79.4. The number of unbranched alkanes of at least 4 members (excludes halogenated alkanes) is 49. The van der Waals surface area contributed by atoms with Gasteiger partial charge in [0.15, 0.2) is 6.10 Å². The Balaban J connectivity index is 4.28. The van der Waals surface area contributed by atoms with E-state index in [0.29, 0.717) is 19.3 Å². The first-order chi connectivity index (χ1) is 40.5. The molecule has 0 aromatic carbocycles. The van der Waals surface area contributed by atoms with Crippen molar-refractivity contribution in [1.29, 1.82) is 0 Å². The molecule has 0 aliphatic heterocycles. The summed E-state index contributed by atoms with van der Waals surface area (Å²) in [6.45, 7) is 6.68. The van der Waals surface area contributed by atoms with Gasteiger partial charge in [0.25, 0.3) is 0 Å². The number of ether oxygens (including phenoxy) is 3. The van der Waals surface area contributed by atoms with Crippen LogP contribution >= 0.6 is 0 Å². The van der Waals surface area contributed by atoms with Crippen LogP contribution in [0.1, 0.15) is 400 Å². The molecule has 0 rings (SSSR count). The lowest BCUT2D eigenvalue weighted by Gasteiger charge is -2.18. The molecule has 0 radical (unpaired) electrons. The van der Waals surface area contributed by atoms with Crippen molar-refractivity contribution in [2.45, 2.75) is 406 Å². The highest BCUT2D eigenvalue weighted by molar-refractivity contribution is 5.71. The van der Waals surface area contributed by atoms with Gasteiger partial charge in [0, 0.05) is 19.3 Å². The molecule has 0 aliphatic carbocycles. The van der Waals surface area contributed by atoms with E-state index in [1.54, 1.807) is 0 Å². The Labute approximate surface area is 511 Å². The summed E-state index contributed by atoms with van der Waals surface area (Å²) in [5.41, 5.74) is 0. The molecule has 0 saturated carbocycles. The largest absolute Gasteiger partial charge is 0.462 e. The third-order valence-electron chi connectivity index (χ3n) is 16.6. The van der Waals surface area contributed by atoms with Crippen LogP contribution in [0, 0.1) is 0 Å². The van der Waals surface area contributed by atoms with E-state index in [0.717, 1.165) is 77.0 Å². The van der Waals surface area contributed by atoms with Gasteiger partial charge in [-0.25, -0.2) is 0 Å². The van der Waals surface area contributed by atoms with Crippen LogP contribution in [0.2, 0.25) is 0 Å². The van der Waals surface area contributed by atoms with Crippen molar-refractivity contribution in [3.8, 4) is 0 Å². The summed E-state index contributed by atoms with van der Waals surface area (Å²) in [6, 6.07) is 0. The van der Waals surface area contributed by atoms with Crippen LogP contribution in [0.3, 0.4) is 0 Å². The van der Waals surface area contributed by atoms with E-state index in [-0.39, 0.29) is 31.1 Å². The summed E-state index contributed by atoms with van der Waals surface area (Å²) >= 11 is 0. The molecule has 0 spiro atoms. The van der Waals surface area contributed by atoms with Gasteiger partial charge in [-0.05, 0) is 83.5 Å². The smallest absolute Gasteiger partial charge is 0.306 e. The fourth-order valence-electron chi connectivity index (χ4n) is 11.0. The van der Waals surface area contributed by atoms with E-state index in [9.17, 15) is 14.4 Å². The number of carbonyl (C=O) groups is 3. The van der Waals surface area contributed by atoms with Crippen molar-refractivity contribution in [2.75, 3.05) is 13.2 Å². The Bertz CT molecular complexity index is 1410. The van der Waals surface area contributed by atoms with Gasteiger partial charge in [0.1, 0.15) is 13.2 Å². The van der Waals surface area contributed by atoms with E-state index in [4.69, 9.17) is 14.2 Å². The predicted molar refractivity (Wildman–Crippen MR) is 358 cm³/mol.